The summed E-state index contributed by atoms with van der Waals surface area (Å²) in [6.07, 6.45) is 0. The number of ether oxygens (including phenoxy) is 1. The molecule has 1 aliphatic heterocycles. The van der Waals surface area contributed by atoms with Gasteiger partial charge in [-0.1, -0.05) is 0 Å². The number of hydrogen-bond acceptors (Lipinski definition) is 3. The van der Waals surface area contributed by atoms with Crippen LogP contribution in [-0.2, 0) is 9.53 Å². The van der Waals surface area contributed by atoms with Crippen molar-refractivity contribution in [3.05, 3.63) is 66.2 Å². The van der Waals surface area contributed by atoms with Crippen molar-refractivity contribution in [3.8, 4) is 0 Å². The van der Waals surface area contributed by atoms with Crippen molar-refractivity contribution in [1.82, 2.24) is 0 Å². The Labute approximate surface area is 123 Å². The first-order chi connectivity index (χ1) is 9.67. The fraction of sp³-hybridized carbons (Fsp3) is 0.125. The van der Waals surface area contributed by atoms with E-state index in [0.29, 0.717) is 5.90 Å². The van der Waals surface area contributed by atoms with Crippen molar-refractivity contribution in [2.75, 3.05) is 0 Å². The molecule has 0 saturated carbocycles. The Morgan fingerprint density at radius 1 is 1.00 bits per heavy atom. The van der Waals surface area contributed by atoms with E-state index in [4.69, 9.17) is 4.74 Å². The van der Waals surface area contributed by atoms with E-state index in [1.54, 1.807) is 0 Å². The van der Waals surface area contributed by atoms with Crippen molar-refractivity contribution < 1.29 is 9.53 Å². The third-order valence-electron chi connectivity index (χ3n) is 2.96. The van der Waals surface area contributed by atoms with E-state index in [1.165, 1.54) is 0 Å². The van der Waals surface area contributed by atoms with Crippen LogP contribution in [0.15, 0.2) is 65.7 Å². The summed E-state index contributed by atoms with van der Waals surface area (Å²) in [4.78, 5) is 16.7. The van der Waals surface area contributed by atoms with Crippen LogP contribution in [0, 0.1) is 0 Å². The van der Waals surface area contributed by atoms with Gasteiger partial charge in [-0.15, -0.1) is 0 Å². The molecule has 0 fully saturated rings. The number of esters is 1. The van der Waals surface area contributed by atoms with Gasteiger partial charge in [-0.2, -0.15) is 0 Å². The van der Waals surface area contributed by atoms with Gasteiger partial charge in [0.1, 0.15) is 0 Å². The topological polar surface area (TPSA) is 38.7 Å². The van der Waals surface area contributed by atoms with E-state index in [0.717, 1.165) is 10.0 Å². The van der Waals surface area contributed by atoms with E-state index >= 15 is 0 Å². The van der Waals surface area contributed by atoms with Crippen LogP contribution in [0.2, 0.25) is 0 Å². The number of cyclic esters (lactones) is 1. The van der Waals surface area contributed by atoms with Gasteiger partial charge in [0.15, 0.2) is 0 Å². The molecule has 1 aliphatic rings. The van der Waals surface area contributed by atoms with Crippen LogP contribution >= 0.6 is 0 Å². The molecule has 0 amide bonds. The second-order valence-electron chi connectivity index (χ2n) is 4.57. The van der Waals surface area contributed by atoms with Gasteiger partial charge >= 0.3 is 123 Å². The van der Waals surface area contributed by atoms with Gasteiger partial charge in [0.2, 0.25) is 0 Å². The Morgan fingerprint density at radius 3 is 2.25 bits per heavy atom. The molecule has 0 N–H and O–H groups in total. The number of hydrogen-bond donors (Lipinski definition) is 0. The summed E-state index contributed by atoms with van der Waals surface area (Å²) in [5.41, 5.74) is 0.841. The molecule has 0 aliphatic carbocycles. The third-order valence-corrected chi connectivity index (χ3v) is 5.40. The predicted molar refractivity (Wildman–Crippen MR) is 79.3 cm³/mol. The number of carbonyl (C=O) groups excluding carboxylic acids is 1. The molecule has 3 nitrogen and oxygen atoms in total. The molecule has 1 heterocycles. The molecule has 0 spiro atoms. The zero-order chi connectivity index (χ0) is 14.0. The molecule has 100 valence electrons. The summed E-state index contributed by atoms with van der Waals surface area (Å²) in [7, 11) is 0. The van der Waals surface area contributed by atoms with E-state index in [1.807, 2.05) is 67.6 Å². The average molecular weight is 330 g/mol. The summed E-state index contributed by atoms with van der Waals surface area (Å²) < 4.78 is 5.72. The molecular formula is C16H13NO2Se. The number of aliphatic imine (C=N–C) groups is 1. The van der Waals surface area contributed by atoms with Crippen LogP contribution in [0.5, 0.6) is 0 Å². The molecule has 0 radical (unpaired) electrons. The van der Waals surface area contributed by atoms with Crippen molar-refractivity contribution in [3.63, 3.8) is 0 Å². The van der Waals surface area contributed by atoms with Crippen LogP contribution in [0.4, 0.5) is 0 Å². The van der Waals surface area contributed by atoms with Crippen molar-refractivity contribution >= 4 is 31.3 Å². The summed E-state index contributed by atoms with van der Waals surface area (Å²) in [6.45, 7) is 1.85. The van der Waals surface area contributed by atoms with Crippen molar-refractivity contribution in [1.29, 1.82) is 0 Å². The summed E-state index contributed by atoms with van der Waals surface area (Å²) in [5, 5.41) is 0. The standard InChI is InChI=1S/C16H13NO2Se/c1-16(20-13-10-6-3-7-11-13)15(18)19-14(17-16)12-8-4-2-5-9-12/h2-11H,1H3. The molecule has 1 atom stereocenters. The van der Waals surface area contributed by atoms with Gasteiger partial charge in [-0.25, -0.2) is 0 Å². The van der Waals surface area contributed by atoms with Gasteiger partial charge in [-0.3, -0.25) is 0 Å². The van der Waals surface area contributed by atoms with E-state index in [2.05, 4.69) is 4.99 Å². The Balaban J connectivity index is 1.90. The van der Waals surface area contributed by atoms with E-state index < -0.39 is 4.44 Å². The van der Waals surface area contributed by atoms with Gasteiger partial charge < -0.3 is 0 Å². The summed E-state index contributed by atoms with van der Waals surface area (Å²) in [5.74, 6) is 0.163. The van der Waals surface area contributed by atoms with Crippen LogP contribution in [0.1, 0.15) is 12.5 Å². The van der Waals surface area contributed by atoms with Gasteiger partial charge in [-0.05, 0) is 0 Å². The molecule has 2 aromatic carbocycles. The van der Waals surface area contributed by atoms with E-state index in [9.17, 15) is 4.79 Å². The number of nitrogens with zero attached hydrogens (tertiary/aromatic N) is 1. The van der Waals surface area contributed by atoms with Gasteiger partial charge in [0.05, 0.1) is 0 Å². The minimum absolute atomic E-state index is 0.0954. The Morgan fingerprint density at radius 2 is 1.60 bits per heavy atom. The molecule has 3 rings (SSSR count). The molecule has 2 aromatic rings. The number of rotatable bonds is 3. The quantitative estimate of drug-likeness (QED) is 0.635. The monoisotopic (exact) mass is 331 g/mol. The summed E-state index contributed by atoms with van der Waals surface area (Å²) >= 11 is -0.0954. The van der Waals surface area contributed by atoms with Crippen molar-refractivity contribution in [2.24, 2.45) is 4.99 Å². The fourth-order valence-electron chi connectivity index (χ4n) is 1.93. The zero-order valence-corrected chi connectivity index (χ0v) is 12.7. The molecule has 0 bridgehead atoms. The molecule has 0 saturated heterocycles. The maximum absolute atomic E-state index is 12.2. The second-order valence-corrected chi connectivity index (χ2v) is 7.66. The van der Waals surface area contributed by atoms with Gasteiger partial charge in [0.25, 0.3) is 0 Å². The molecule has 0 aromatic heterocycles. The Kier molecular flexibility index (Phi) is 3.43. The first-order valence-electron chi connectivity index (χ1n) is 6.29. The van der Waals surface area contributed by atoms with E-state index in [-0.39, 0.29) is 20.9 Å². The minimum atomic E-state index is -0.778. The first-order valence-corrected chi connectivity index (χ1v) is 8.00. The molecule has 4 heteroatoms. The Bertz CT molecular complexity index is 655. The first kappa shape index (κ1) is 13.1. The average Bonchev–Trinajstić information content (AvgIpc) is 2.77. The van der Waals surface area contributed by atoms with Crippen LogP contribution in [0.25, 0.3) is 0 Å². The van der Waals surface area contributed by atoms with Crippen LogP contribution in [0.3, 0.4) is 0 Å². The number of benzene rings is 2. The number of carbonyl (C=O) groups is 1. The van der Waals surface area contributed by atoms with Crippen LogP contribution < -0.4 is 4.46 Å². The van der Waals surface area contributed by atoms with Gasteiger partial charge in [0, 0.05) is 0 Å². The molecule has 1 unspecified atom stereocenters. The Hall–Kier alpha value is -1.90. The third kappa shape index (κ3) is 2.53. The van der Waals surface area contributed by atoms with Crippen molar-refractivity contribution in [2.45, 2.75) is 11.4 Å². The summed E-state index contributed by atoms with van der Waals surface area (Å²) in [6, 6.07) is 19.5. The van der Waals surface area contributed by atoms with Crippen LogP contribution in [-0.4, -0.2) is 31.3 Å². The fourth-order valence-corrected chi connectivity index (χ4v) is 4.04. The SMILES string of the molecule is CC1([Se]c2ccccc2)N=C(c2ccccc2)OC1=O. The maximum atomic E-state index is 12.2. The molecule has 20 heavy (non-hydrogen) atoms. The second kappa shape index (κ2) is 5.23. The normalized spacial score (nSPS) is 21.4. The zero-order valence-electron chi connectivity index (χ0n) is 10.9. The predicted octanol–water partition coefficient (Wildman–Crippen LogP) is 1.74. The molecular weight excluding hydrogens is 317 g/mol.